The van der Waals surface area contributed by atoms with E-state index < -0.39 is 0 Å². The average molecular weight is 188 g/mol. The van der Waals surface area contributed by atoms with Gasteiger partial charge in [-0.25, -0.2) is 0 Å². The van der Waals surface area contributed by atoms with Gasteiger partial charge in [-0.3, -0.25) is 4.98 Å². The van der Waals surface area contributed by atoms with Crippen LogP contribution in [-0.2, 0) is 5.41 Å². The van der Waals surface area contributed by atoms with Crippen molar-refractivity contribution in [2.24, 2.45) is 0 Å². The van der Waals surface area contributed by atoms with Crippen LogP contribution >= 0.6 is 0 Å². The van der Waals surface area contributed by atoms with Gasteiger partial charge in [-0.2, -0.15) is 0 Å². The predicted octanol–water partition coefficient (Wildman–Crippen LogP) is 2.66. The summed E-state index contributed by atoms with van der Waals surface area (Å²) in [6.07, 6.45) is 2.67. The molecule has 0 atom stereocenters. The second-order valence-electron chi connectivity index (χ2n) is 5.14. The molecule has 74 valence electrons. The highest BCUT2D eigenvalue weighted by Crippen LogP contribution is 2.42. The molecule has 14 heavy (non-hydrogen) atoms. The molecule has 2 aliphatic rings. The lowest BCUT2D eigenvalue weighted by Crippen LogP contribution is -2.20. The van der Waals surface area contributed by atoms with Crippen LogP contribution in [0.5, 0.6) is 0 Å². The van der Waals surface area contributed by atoms with Crippen molar-refractivity contribution in [1.29, 1.82) is 0 Å². The van der Waals surface area contributed by atoms with Crippen molar-refractivity contribution in [3.8, 4) is 0 Å². The molecule has 1 aliphatic heterocycles. The van der Waals surface area contributed by atoms with Crippen LogP contribution in [0.25, 0.3) is 0 Å². The Hall–Kier alpha value is -1.05. The first kappa shape index (κ1) is 8.27. The van der Waals surface area contributed by atoms with Crippen molar-refractivity contribution in [2.45, 2.75) is 38.0 Å². The van der Waals surface area contributed by atoms with E-state index in [1.54, 1.807) is 0 Å². The van der Waals surface area contributed by atoms with E-state index in [0.29, 0.717) is 0 Å². The fourth-order valence-corrected chi connectivity index (χ4v) is 2.14. The van der Waals surface area contributed by atoms with Crippen LogP contribution in [0.4, 0.5) is 5.69 Å². The average Bonchev–Trinajstić information content (AvgIpc) is 2.94. The zero-order valence-electron chi connectivity index (χ0n) is 8.80. The third-order valence-corrected chi connectivity index (χ3v) is 3.27. The fraction of sp³-hybridized carbons (Fsp3) is 0.583. The minimum absolute atomic E-state index is 0.209. The van der Waals surface area contributed by atoms with Crippen molar-refractivity contribution >= 4 is 5.69 Å². The Morgan fingerprint density at radius 1 is 1.36 bits per heavy atom. The number of aromatic nitrogens is 1. The largest absolute Gasteiger partial charge is 0.383 e. The Labute approximate surface area is 84.7 Å². The zero-order chi connectivity index (χ0) is 9.76. The van der Waals surface area contributed by atoms with Crippen molar-refractivity contribution in [2.75, 3.05) is 11.9 Å². The summed E-state index contributed by atoms with van der Waals surface area (Å²) in [5.74, 6) is 0.761. The minimum atomic E-state index is 0.209. The van der Waals surface area contributed by atoms with Crippen molar-refractivity contribution in [3.05, 3.63) is 23.5 Å². The second kappa shape index (κ2) is 2.50. The molecule has 0 spiro atoms. The maximum atomic E-state index is 4.81. The number of rotatable bonds is 1. The van der Waals surface area contributed by atoms with E-state index in [0.717, 1.165) is 12.5 Å². The Kier molecular flexibility index (Phi) is 1.48. The lowest BCUT2D eigenvalue weighted by molar-refractivity contribution is 0.566. The molecule has 0 bridgehead atoms. The normalized spacial score (nSPS) is 23.0. The number of pyridine rings is 1. The number of nitrogens with one attached hydrogen (secondary N) is 1. The van der Waals surface area contributed by atoms with Gasteiger partial charge in [0.2, 0.25) is 0 Å². The van der Waals surface area contributed by atoms with Crippen molar-refractivity contribution in [1.82, 2.24) is 4.98 Å². The van der Waals surface area contributed by atoms with Gasteiger partial charge >= 0.3 is 0 Å². The number of nitrogens with zero attached hydrogens (tertiary/aromatic N) is 1. The number of hydrogen-bond acceptors (Lipinski definition) is 2. The quantitative estimate of drug-likeness (QED) is 0.733. The number of hydrogen-bond donors (Lipinski definition) is 1. The summed E-state index contributed by atoms with van der Waals surface area (Å²) in [7, 11) is 0. The topological polar surface area (TPSA) is 24.9 Å². The third kappa shape index (κ3) is 1.13. The van der Waals surface area contributed by atoms with Gasteiger partial charge in [0.1, 0.15) is 0 Å². The first-order valence-electron chi connectivity index (χ1n) is 5.42. The van der Waals surface area contributed by atoms with Gasteiger partial charge in [0, 0.05) is 23.6 Å². The number of anilines is 1. The molecule has 1 aromatic rings. The van der Waals surface area contributed by atoms with Crippen LogP contribution < -0.4 is 5.32 Å². The highest BCUT2D eigenvalue weighted by Gasteiger charge is 2.33. The van der Waals surface area contributed by atoms with Gasteiger partial charge in [0.05, 0.1) is 11.4 Å². The van der Waals surface area contributed by atoms with Crippen molar-refractivity contribution in [3.63, 3.8) is 0 Å². The maximum Gasteiger partial charge on any atom is 0.0711 e. The van der Waals surface area contributed by atoms with E-state index in [1.165, 1.54) is 29.9 Å². The SMILES string of the molecule is CC1(C)CNc2ccc(C3CC3)nc21. The minimum Gasteiger partial charge on any atom is -0.383 e. The van der Waals surface area contributed by atoms with E-state index >= 15 is 0 Å². The Balaban J connectivity index is 2.08. The lowest BCUT2D eigenvalue weighted by Gasteiger charge is -2.16. The molecule has 0 unspecified atom stereocenters. The van der Waals surface area contributed by atoms with Gasteiger partial charge in [0.15, 0.2) is 0 Å². The molecule has 1 aliphatic carbocycles. The molecular weight excluding hydrogens is 172 g/mol. The molecule has 2 heteroatoms. The Bertz CT molecular complexity index is 378. The van der Waals surface area contributed by atoms with Crippen LogP contribution in [0.15, 0.2) is 12.1 Å². The van der Waals surface area contributed by atoms with Crippen LogP contribution in [0, 0.1) is 0 Å². The standard InChI is InChI=1S/C12H16N2/c1-12(2)7-13-10-6-5-9(8-3-4-8)14-11(10)12/h5-6,8,13H,3-4,7H2,1-2H3. The summed E-state index contributed by atoms with van der Waals surface area (Å²) in [5.41, 5.74) is 4.02. The van der Waals surface area contributed by atoms with E-state index in [9.17, 15) is 0 Å². The smallest absolute Gasteiger partial charge is 0.0711 e. The molecular formula is C12H16N2. The molecule has 0 saturated heterocycles. The van der Waals surface area contributed by atoms with Gasteiger partial charge < -0.3 is 5.32 Å². The summed E-state index contributed by atoms with van der Waals surface area (Å²) in [5, 5.41) is 3.41. The number of fused-ring (bicyclic) bond motifs is 1. The molecule has 1 saturated carbocycles. The van der Waals surface area contributed by atoms with Crippen molar-refractivity contribution < 1.29 is 0 Å². The van der Waals surface area contributed by atoms with Crippen LogP contribution in [0.2, 0.25) is 0 Å². The van der Waals surface area contributed by atoms with Gasteiger partial charge in [0.25, 0.3) is 0 Å². The second-order valence-corrected chi connectivity index (χ2v) is 5.14. The molecule has 2 heterocycles. The van der Waals surface area contributed by atoms with Crippen LogP contribution in [0.3, 0.4) is 0 Å². The molecule has 0 radical (unpaired) electrons. The van der Waals surface area contributed by atoms with E-state index in [1.807, 2.05) is 0 Å². The predicted molar refractivity (Wildman–Crippen MR) is 57.7 cm³/mol. The first-order chi connectivity index (χ1) is 6.67. The summed E-state index contributed by atoms with van der Waals surface area (Å²) in [6.45, 7) is 5.54. The third-order valence-electron chi connectivity index (χ3n) is 3.27. The monoisotopic (exact) mass is 188 g/mol. The Morgan fingerprint density at radius 3 is 2.86 bits per heavy atom. The molecule has 1 fully saturated rings. The summed E-state index contributed by atoms with van der Waals surface area (Å²) in [6, 6.07) is 4.38. The Morgan fingerprint density at radius 2 is 2.14 bits per heavy atom. The molecule has 0 aromatic carbocycles. The zero-order valence-corrected chi connectivity index (χ0v) is 8.80. The molecule has 3 rings (SSSR count). The van der Waals surface area contributed by atoms with E-state index in [2.05, 4.69) is 31.3 Å². The molecule has 1 N–H and O–H groups in total. The van der Waals surface area contributed by atoms with Crippen LogP contribution in [-0.4, -0.2) is 11.5 Å². The van der Waals surface area contributed by atoms with Gasteiger partial charge in [-0.1, -0.05) is 13.8 Å². The lowest BCUT2D eigenvalue weighted by atomic mass is 9.91. The van der Waals surface area contributed by atoms with Gasteiger partial charge in [-0.15, -0.1) is 0 Å². The molecule has 1 aromatic heterocycles. The first-order valence-corrected chi connectivity index (χ1v) is 5.42. The van der Waals surface area contributed by atoms with Gasteiger partial charge in [-0.05, 0) is 25.0 Å². The molecule has 2 nitrogen and oxygen atoms in total. The van der Waals surface area contributed by atoms with E-state index in [4.69, 9.17) is 4.98 Å². The summed E-state index contributed by atoms with van der Waals surface area (Å²) >= 11 is 0. The van der Waals surface area contributed by atoms with E-state index in [-0.39, 0.29) is 5.41 Å². The highest BCUT2D eigenvalue weighted by atomic mass is 15.0. The summed E-state index contributed by atoms with van der Waals surface area (Å²) < 4.78 is 0. The van der Waals surface area contributed by atoms with Crippen LogP contribution in [0.1, 0.15) is 44.0 Å². The fourth-order valence-electron chi connectivity index (χ4n) is 2.14. The summed E-state index contributed by atoms with van der Waals surface area (Å²) in [4.78, 5) is 4.81. The molecule has 0 amide bonds. The highest BCUT2D eigenvalue weighted by molar-refractivity contribution is 5.57. The maximum absolute atomic E-state index is 4.81.